The zero-order chi connectivity index (χ0) is 12.9. The van der Waals surface area contributed by atoms with E-state index in [-0.39, 0.29) is 5.41 Å². The van der Waals surface area contributed by atoms with Crippen LogP contribution in [0.5, 0.6) is 0 Å². The second-order valence-corrected chi connectivity index (χ2v) is 6.31. The average molecular weight is 241 g/mol. The minimum Gasteiger partial charge on any atom is -0.396 e. The van der Waals surface area contributed by atoms with Crippen molar-refractivity contribution < 1.29 is 5.11 Å². The van der Waals surface area contributed by atoms with Crippen LogP contribution in [0, 0.1) is 10.8 Å². The van der Waals surface area contributed by atoms with Crippen molar-refractivity contribution >= 4 is 0 Å². The van der Waals surface area contributed by atoms with Crippen LogP contribution in [0.1, 0.15) is 59.8 Å². The van der Waals surface area contributed by atoms with E-state index in [0.717, 1.165) is 13.0 Å². The summed E-state index contributed by atoms with van der Waals surface area (Å²) >= 11 is 0. The summed E-state index contributed by atoms with van der Waals surface area (Å²) in [6.45, 7) is 12.9. The highest BCUT2D eigenvalue weighted by Gasteiger charge is 2.33. The molecule has 0 aromatic rings. The lowest BCUT2D eigenvalue weighted by atomic mass is 9.73. The first kappa shape index (κ1) is 15.0. The van der Waals surface area contributed by atoms with E-state index in [4.69, 9.17) is 0 Å². The summed E-state index contributed by atoms with van der Waals surface area (Å²) in [5.41, 5.74) is 0.705. The molecule has 0 saturated carbocycles. The molecule has 1 rings (SSSR count). The number of rotatable bonds is 6. The van der Waals surface area contributed by atoms with Gasteiger partial charge in [0.05, 0.1) is 0 Å². The number of hydrogen-bond donors (Lipinski definition) is 1. The van der Waals surface area contributed by atoms with Gasteiger partial charge in [-0.1, -0.05) is 40.5 Å². The smallest absolute Gasteiger partial charge is 0.0496 e. The van der Waals surface area contributed by atoms with Gasteiger partial charge in [-0.2, -0.15) is 0 Å². The monoisotopic (exact) mass is 241 g/mol. The van der Waals surface area contributed by atoms with Gasteiger partial charge in [-0.3, -0.25) is 0 Å². The van der Waals surface area contributed by atoms with Crippen LogP contribution in [0.15, 0.2) is 0 Å². The van der Waals surface area contributed by atoms with Crippen molar-refractivity contribution in [1.82, 2.24) is 4.90 Å². The van der Waals surface area contributed by atoms with Crippen molar-refractivity contribution in [2.45, 2.75) is 59.8 Å². The Morgan fingerprint density at radius 3 is 2.00 bits per heavy atom. The Hall–Kier alpha value is -0.0800. The van der Waals surface area contributed by atoms with Gasteiger partial charge < -0.3 is 10.0 Å². The van der Waals surface area contributed by atoms with Gasteiger partial charge in [0.1, 0.15) is 0 Å². The molecule has 1 fully saturated rings. The van der Waals surface area contributed by atoms with Gasteiger partial charge in [-0.15, -0.1) is 0 Å². The number of aliphatic hydroxyl groups excluding tert-OH is 1. The molecule has 1 aliphatic heterocycles. The molecule has 1 heterocycles. The van der Waals surface area contributed by atoms with Gasteiger partial charge in [-0.25, -0.2) is 0 Å². The predicted molar refractivity (Wildman–Crippen MR) is 74.2 cm³/mol. The maximum Gasteiger partial charge on any atom is 0.0496 e. The highest BCUT2D eigenvalue weighted by molar-refractivity contribution is 4.86. The molecule has 0 bridgehead atoms. The van der Waals surface area contributed by atoms with Gasteiger partial charge in [0.2, 0.25) is 0 Å². The molecule has 102 valence electrons. The first-order valence-electron chi connectivity index (χ1n) is 7.36. The fourth-order valence-corrected chi connectivity index (χ4v) is 2.96. The second kappa shape index (κ2) is 6.19. The molecular formula is C15H31NO. The summed E-state index contributed by atoms with van der Waals surface area (Å²) in [4.78, 5) is 2.56. The van der Waals surface area contributed by atoms with E-state index in [9.17, 15) is 5.11 Å². The zero-order valence-corrected chi connectivity index (χ0v) is 12.3. The first-order valence-corrected chi connectivity index (χ1v) is 7.36. The molecule has 0 aliphatic carbocycles. The van der Waals surface area contributed by atoms with Gasteiger partial charge in [0.25, 0.3) is 0 Å². The largest absolute Gasteiger partial charge is 0.396 e. The Balaban J connectivity index is 2.47. The van der Waals surface area contributed by atoms with Crippen LogP contribution in [0.4, 0.5) is 0 Å². The van der Waals surface area contributed by atoms with Crippen molar-refractivity contribution in [3.8, 4) is 0 Å². The Morgan fingerprint density at radius 2 is 1.65 bits per heavy atom. The van der Waals surface area contributed by atoms with E-state index in [2.05, 4.69) is 32.6 Å². The van der Waals surface area contributed by atoms with Crippen LogP contribution in [0.25, 0.3) is 0 Å². The number of aliphatic hydroxyl groups is 1. The molecule has 0 spiro atoms. The molecule has 0 amide bonds. The SMILES string of the molecule is CCC(C)(CO)CN1CCC(CC)(CC)CC1. The molecule has 1 aliphatic rings. The molecule has 2 nitrogen and oxygen atoms in total. The van der Waals surface area contributed by atoms with Crippen LogP contribution >= 0.6 is 0 Å². The summed E-state index contributed by atoms with van der Waals surface area (Å²) < 4.78 is 0. The zero-order valence-electron chi connectivity index (χ0n) is 12.3. The maximum absolute atomic E-state index is 9.48. The lowest BCUT2D eigenvalue weighted by Gasteiger charge is -2.43. The van der Waals surface area contributed by atoms with Crippen molar-refractivity contribution in [2.75, 3.05) is 26.2 Å². The normalized spacial score (nSPS) is 24.5. The number of hydrogen-bond acceptors (Lipinski definition) is 2. The van der Waals surface area contributed by atoms with Crippen LogP contribution in [0.2, 0.25) is 0 Å². The highest BCUT2D eigenvalue weighted by Crippen LogP contribution is 2.38. The van der Waals surface area contributed by atoms with Crippen molar-refractivity contribution in [2.24, 2.45) is 10.8 Å². The second-order valence-electron chi connectivity index (χ2n) is 6.31. The molecule has 2 heteroatoms. The van der Waals surface area contributed by atoms with Crippen LogP contribution in [0.3, 0.4) is 0 Å². The van der Waals surface area contributed by atoms with Gasteiger partial charge in [-0.05, 0) is 37.8 Å². The standard InChI is InChI=1S/C15H31NO/c1-5-14(4,13-17)12-16-10-8-15(6-2,7-3)9-11-16/h17H,5-13H2,1-4H3. The lowest BCUT2D eigenvalue weighted by molar-refractivity contribution is 0.0387. The lowest BCUT2D eigenvalue weighted by Crippen LogP contribution is -2.45. The number of nitrogens with zero attached hydrogens (tertiary/aromatic N) is 1. The predicted octanol–water partition coefficient (Wildman–Crippen LogP) is 3.30. The van der Waals surface area contributed by atoms with Crippen LogP contribution < -0.4 is 0 Å². The van der Waals surface area contributed by atoms with Crippen molar-refractivity contribution in [3.05, 3.63) is 0 Å². The number of piperidine rings is 1. The first-order chi connectivity index (χ1) is 8.03. The minimum atomic E-state index is 0.0957. The molecule has 1 atom stereocenters. The summed E-state index contributed by atoms with van der Waals surface area (Å²) in [5, 5.41) is 9.48. The Bertz CT molecular complexity index is 209. The summed E-state index contributed by atoms with van der Waals surface area (Å²) in [6, 6.07) is 0. The molecule has 0 radical (unpaired) electrons. The molecule has 1 saturated heterocycles. The molecular weight excluding hydrogens is 210 g/mol. The van der Waals surface area contributed by atoms with Gasteiger partial charge in [0.15, 0.2) is 0 Å². The van der Waals surface area contributed by atoms with E-state index < -0.39 is 0 Å². The molecule has 1 unspecified atom stereocenters. The Labute approximate surface area is 107 Å². The molecule has 0 aromatic carbocycles. The highest BCUT2D eigenvalue weighted by atomic mass is 16.3. The molecule has 1 N–H and O–H groups in total. The van der Waals surface area contributed by atoms with Crippen molar-refractivity contribution in [3.63, 3.8) is 0 Å². The minimum absolute atomic E-state index is 0.0957. The number of likely N-dealkylation sites (tertiary alicyclic amines) is 1. The van der Waals surface area contributed by atoms with E-state index in [1.807, 2.05) is 0 Å². The Morgan fingerprint density at radius 1 is 1.12 bits per heavy atom. The van der Waals surface area contributed by atoms with E-state index >= 15 is 0 Å². The Kier molecular flexibility index (Phi) is 5.46. The third-order valence-electron chi connectivity index (χ3n) is 5.26. The maximum atomic E-state index is 9.48. The molecule has 0 aromatic heterocycles. The quantitative estimate of drug-likeness (QED) is 0.771. The van der Waals surface area contributed by atoms with Crippen LogP contribution in [-0.2, 0) is 0 Å². The summed E-state index contributed by atoms with van der Waals surface area (Å²) in [7, 11) is 0. The van der Waals surface area contributed by atoms with E-state index in [0.29, 0.717) is 12.0 Å². The van der Waals surface area contributed by atoms with Crippen molar-refractivity contribution in [1.29, 1.82) is 0 Å². The third kappa shape index (κ3) is 3.69. The topological polar surface area (TPSA) is 23.5 Å². The van der Waals surface area contributed by atoms with E-state index in [1.165, 1.54) is 38.8 Å². The molecule has 17 heavy (non-hydrogen) atoms. The van der Waals surface area contributed by atoms with Crippen LogP contribution in [-0.4, -0.2) is 36.2 Å². The van der Waals surface area contributed by atoms with E-state index in [1.54, 1.807) is 0 Å². The fourth-order valence-electron chi connectivity index (χ4n) is 2.96. The van der Waals surface area contributed by atoms with Gasteiger partial charge in [0, 0.05) is 18.6 Å². The third-order valence-corrected chi connectivity index (χ3v) is 5.26. The van der Waals surface area contributed by atoms with Gasteiger partial charge >= 0.3 is 0 Å². The fraction of sp³-hybridized carbons (Fsp3) is 1.00. The average Bonchev–Trinajstić information content (AvgIpc) is 2.40. The summed E-state index contributed by atoms with van der Waals surface area (Å²) in [6.07, 6.45) is 6.38. The summed E-state index contributed by atoms with van der Waals surface area (Å²) in [5.74, 6) is 0.